The molecule has 1 fully saturated rings. The number of fused-ring (bicyclic) bond motifs is 1. The van der Waals surface area contributed by atoms with Gasteiger partial charge in [0.05, 0.1) is 11.6 Å². The molecule has 0 saturated carbocycles. The van der Waals surface area contributed by atoms with Crippen LogP contribution in [0, 0.1) is 11.8 Å². The fraction of sp³-hybridized carbons (Fsp3) is 0.394. The van der Waals surface area contributed by atoms with E-state index in [9.17, 15) is 24.0 Å². The first kappa shape index (κ1) is 30.6. The lowest BCUT2D eigenvalue weighted by Gasteiger charge is -2.28. The fourth-order valence-electron chi connectivity index (χ4n) is 5.13. The minimum Gasteiger partial charge on any atom is -0.356 e. The SMILES string of the molecule is CC(C)(C)NC(=O)C(=O)[C@H](C[C@@H]1CCCNC1=O)NC(=O)[C@@H](CC(=O)c1ccc2ccccc2n1)Cc1ccccc1. The number of Topliss-reactive ketones (excluding diaryl/α,β-unsaturated/α-hetero) is 2. The zero-order valence-corrected chi connectivity index (χ0v) is 24.3. The second-order valence-corrected chi connectivity index (χ2v) is 11.9. The maximum absolute atomic E-state index is 13.8. The molecule has 3 aromatic rings. The van der Waals surface area contributed by atoms with Gasteiger partial charge in [-0.1, -0.05) is 54.6 Å². The van der Waals surface area contributed by atoms with Crippen LogP contribution in [-0.2, 0) is 25.6 Å². The van der Waals surface area contributed by atoms with Gasteiger partial charge in [0.15, 0.2) is 5.78 Å². The summed E-state index contributed by atoms with van der Waals surface area (Å²) in [5.74, 6) is -4.07. The number of nitrogens with zero attached hydrogens (tertiary/aromatic N) is 1. The van der Waals surface area contributed by atoms with Crippen LogP contribution in [0.1, 0.15) is 62.5 Å². The summed E-state index contributed by atoms with van der Waals surface area (Å²) in [6, 6.07) is 19.0. The molecule has 3 N–H and O–H groups in total. The molecule has 220 valence electrons. The molecular formula is C33H38N4O5. The van der Waals surface area contributed by atoms with Crippen LogP contribution in [-0.4, -0.2) is 52.4 Å². The maximum Gasteiger partial charge on any atom is 0.290 e. The van der Waals surface area contributed by atoms with E-state index in [0.717, 1.165) is 17.4 Å². The fourth-order valence-corrected chi connectivity index (χ4v) is 5.13. The Balaban J connectivity index is 1.58. The number of benzene rings is 2. The van der Waals surface area contributed by atoms with E-state index < -0.39 is 41.0 Å². The van der Waals surface area contributed by atoms with Gasteiger partial charge in [0.2, 0.25) is 17.6 Å². The van der Waals surface area contributed by atoms with Crippen molar-refractivity contribution in [3.63, 3.8) is 0 Å². The summed E-state index contributed by atoms with van der Waals surface area (Å²) in [6.45, 7) is 5.81. The molecule has 1 saturated heterocycles. The Kier molecular flexibility index (Phi) is 9.83. The molecule has 3 atom stereocenters. The van der Waals surface area contributed by atoms with Crippen LogP contribution >= 0.6 is 0 Å². The first-order chi connectivity index (χ1) is 20.0. The molecule has 0 unspecified atom stereocenters. The van der Waals surface area contributed by atoms with Gasteiger partial charge in [-0.15, -0.1) is 0 Å². The van der Waals surface area contributed by atoms with Crippen molar-refractivity contribution in [1.29, 1.82) is 0 Å². The van der Waals surface area contributed by atoms with E-state index in [1.807, 2.05) is 60.7 Å². The van der Waals surface area contributed by atoms with Gasteiger partial charge < -0.3 is 16.0 Å². The van der Waals surface area contributed by atoms with Gasteiger partial charge in [-0.05, 0) is 64.2 Å². The van der Waals surface area contributed by atoms with E-state index in [1.165, 1.54) is 0 Å². The van der Waals surface area contributed by atoms with Gasteiger partial charge in [-0.25, -0.2) is 4.98 Å². The lowest BCUT2D eigenvalue weighted by molar-refractivity contribution is -0.142. The first-order valence-electron chi connectivity index (χ1n) is 14.4. The van der Waals surface area contributed by atoms with Gasteiger partial charge in [0, 0.05) is 35.7 Å². The monoisotopic (exact) mass is 570 g/mol. The van der Waals surface area contributed by atoms with Crippen molar-refractivity contribution >= 4 is 40.2 Å². The van der Waals surface area contributed by atoms with Crippen LogP contribution in [0.15, 0.2) is 66.7 Å². The van der Waals surface area contributed by atoms with Gasteiger partial charge in [0.1, 0.15) is 5.69 Å². The molecule has 2 heterocycles. The quantitative estimate of drug-likeness (QED) is 0.238. The van der Waals surface area contributed by atoms with Crippen LogP contribution in [0.4, 0.5) is 0 Å². The number of piperidine rings is 1. The van der Waals surface area contributed by atoms with Crippen molar-refractivity contribution in [3.8, 4) is 0 Å². The molecule has 0 radical (unpaired) electrons. The molecule has 0 aliphatic carbocycles. The van der Waals surface area contributed by atoms with Crippen LogP contribution < -0.4 is 16.0 Å². The average molecular weight is 571 g/mol. The zero-order valence-electron chi connectivity index (χ0n) is 24.3. The Morgan fingerprint density at radius 3 is 2.40 bits per heavy atom. The third-order valence-electron chi connectivity index (χ3n) is 7.28. The molecule has 0 bridgehead atoms. The molecule has 2 aromatic carbocycles. The molecule has 3 amide bonds. The van der Waals surface area contributed by atoms with Crippen molar-refractivity contribution in [2.75, 3.05) is 6.54 Å². The summed E-state index contributed by atoms with van der Waals surface area (Å²) in [5, 5.41) is 9.10. The minimum atomic E-state index is -1.22. The second-order valence-electron chi connectivity index (χ2n) is 11.9. The van der Waals surface area contributed by atoms with Crippen molar-refractivity contribution in [2.45, 2.75) is 64.5 Å². The molecule has 9 heteroatoms. The van der Waals surface area contributed by atoms with Gasteiger partial charge in [0.25, 0.3) is 5.91 Å². The summed E-state index contributed by atoms with van der Waals surface area (Å²) in [7, 11) is 0. The third-order valence-corrected chi connectivity index (χ3v) is 7.28. The van der Waals surface area contributed by atoms with Crippen molar-refractivity contribution in [1.82, 2.24) is 20.9 Å². The van der Waals surface area contributed by atoms with Crippen LogP contribution in [0.5, 0.6) is 0 Å². The van der Waals surface area contributed by atoms with E-state index in [2.05, 4.69) is 20.9 Å². The topological polar surface area (TPSA) is 134 Å². The zero-order chi connectivity index (χ0) is 30.3. The molecule has 0 spiro atoms. The average Bonchev–Trinajstić information content (AvgIpc) is 2.96. The number of amides is 3. The third kappa shape index (κ3) is 8.31. The van der Waals surface area contributed by atoms with Crippen molar-refractivity contribution in [2.24, 2.45) is 11.8 Å². The Hall–Kier alpha value is -4.40. The van der Waals surface area contributed by atoms with E-state index in [-0.39, 0.29) is 36.6 Å². The van der Waals surface area contributed by atoms with Gasteiger partial charge >= 0.3 is 0 Å². The number of nitrogens with one attached hydrogen (secondary N) is 3. The van der Waals surface area contributed by atoms with Crippen LogP contribution in [0.3, 0.4) is 0 Å². The van der Waals surface area contributed by atoms with E-state index >= 15 is 0 Å². The van der Waals surface area contributed by atoms with Gasteiger partial charge in [-0.3, -0.25) is 24.0 Å². The molecule has 1 aromatic heterocycles. The summed E-state index contributed by atoms with van der Waals surface area (Å²) < 4.78 is 0. The number of hydrogen-bond donors (Lipinski definition) is 3. The highest BCUT2D eigenvalue weighted by Gasteiger charge is 2.36. The lowest BCUT2D eigenvalue weighted by Crippen LogP contribution is -2.54. The van der Waals surface area contributed by atoms with Crippen LogP contribution in [0.2, 0.25) is 0 Å². The minimum absolute atomic E-state index is 0.00774. The van der Waals surface area contributed by atoms with E-state index in [1.54, 1.807) is 26.8 Å². The predicted octanol–water partition coefficient (Wildman–Crippen LogP) is 3.55. The number of hydrogen-bond acceptors (Lipinski definition) is 6. The number of ketones is 2. The van der Waals surface area contributed by atoms with Gasteiger partial charge in [-0.2, -0.15) is 0 Å². The van der Waals surface area contributed by atoms with Crippen molar-refractivity contribution < 1.29 is 24.0 Å². The van der Waals surface area contributed by atoms with E-state index in [0.29, 0.717) is 18.5 Å². The van der Waals surface area contributed by atoms with Crippen LogP contribution in [0.25, 0.3) is 10.9 Å². The number of carbonyl (C=O) groups excluding carboxylic acids is 5. The molecular weight excluding hydrogens is 532 g/mol. The number of pyridine rings is 1. The van der Waals surface area contributed by atoms with E-state index in [4.69, 9.17) is 0 Å². The first-order valence-corrected chi connectivity index (χ1v) is 14.4. The Labute approximate surface area is 245 Å². The standard InChI is InChI=1S/C33H38N4O5/c1-33(2,3)37-32(42)29(39)27(19-23-13-9-17-34-30(23)40)36-31(41)24(18-21-10-5-4-6-11-21)20-28(38)26-16-15-22-12-7-8-14-25(22)35-26/h4-8,10-12,14-16,23-24,27H,9,13,17-20H2,1-3H3,(H,34,40)(H,36,41)(H,37,42)/t23-,24+,27-/m0/s1. The molecule has 9 nitrogen and oxygen atoms in total. The molecule has 1 aliphatic rings. The highest BCUT2D eigenvalue weighted by atomic mass is 16.2. The largest absolute Gasteiger partial charge is 0.356 e. The smallest absolute Gasteiger partial charge is 0.290 e. The predicted molar refractivity (Wildman–Crippen MR) is 160 cm³/mol. The summed E-state index contributed by atoms with van der Waals surface area (Å²) in [5.41, 5.74) is 1.10. The number of carbonyl (C=O) groups is 5. The Morgan fingerprint density at radius 2 is 1.69 bits per heavy atom. The molecule has 42 heavy (non-hydrogen) atoms. The summed E-state index contributed by atoms with van der Waals surface area (Å²) in [4.78, 5) is 70.4. The lowest BCUT2D eigenvalue weighted by atomic mass is 9.88. The molecule has 4 rings (SSSR count). The maximum atomic E-state index is 13.8. The Morgan fingerprint density at radius 1 is 0.976 bits per heavy atom. The second kappa shape index (κ2) is 13.5. The summed E-state index contributed by atoms with van der Waals surface area (Å²) >= 11 is 0. The Bertz CT molecular complexity index is 1460. The normalized spacial score (nSPS) is 16.6. The number of rotatable bonds is 11. The number of para-hydroxylation sites is 1. The molecule has 1 aliphatic heterocycles. The number of aromatic nitrogens is 1. The highest BCUT2D eigenvalue weighted by Crippen LogP contribution is 2.21. The summed E-state index contributed by atoms with van der Waals surface area (Å²) in [6.07, 6.45) is 1.37. The highest BCUT2D eigenvalue weighted by molar-refractivity contribution is 6.38. The van der Waals surface area contributed by atoms with Crippen molar-refractivity contribution in [3.05, 3.63) is 78.0 Å².